The fraction of sp³-hybridized carbons (Fsp3) is 0.467. The van der Waals surface area contributed by atoms with Crippen molar-refractivity contribution < 1.29 is 8.42 Å². The molecular formula is C15H20N4O3S. The van der Waals surface area contributed by atoms with Crippen molar-refractivity contribution in [2.75, 3.05) is 13.1 Å². The summed E-state index contributed by atoms with van der Waals surface area (Å²) in [6, 6.07) is 4.51. The van der Waals surface area contributed by atoms with Crippen LogP contribution in [0.4, 0.5) is 0 Å². The maximum atomic E-state index is 12.7. The lowest BCUT2D eigenvalue weighted by molar-refractivity contribution is 0.346. The molecule has 0 aromatic carbocycles. The molecule has 1 fully saturated rings. The SMILES string of the molecule is Cn1nccc1Cn1cc(S(=O)(=O)N2CCCCC2)ccc1=O. The van der Waals surface area contributed by atoms with E-state index >= 15 is 0 Å². The zero-order valence-corrected chi connectivity index (χ0v) is 13.9. The Morgan fingerprint density at radius 1 is 1.13 bits per heavy atom. The summed E-state index contributed by atoms with van der Waals surface area (Å²) in [4.78, 5) is 12.2. The van der Waals surface area contributed by atoms with Crippen molar-refractivity contribution in [1.82, 2.24) is 18.7 Å². The Kier molecular flexibility index (Phi) is 4.36. The number of hydrogen-bond acceptors (Lipinski definition) is 4. The second-order valence-corrected chi connectivity index (χ2v) is 7.68. The highest BCUT2D eigenvalue weighted by Crippen LogP contribution is 2.19. The van der Waals surface area contributed by atoms with Crippen molar-refractivity contribution in [3.8, 4) is 0 Å². The monoisotopic (exact) mass is 336 g/mol. The molecule has 1 aliphatic rings. The number of pyridine rings is 1. The summed E-state index contributed by atoms with van der Waals surface area (Å²) in [5.74, 6) is 0. The van der Waals surface area contributed by atoms with Gasteiger partial charge in [-0.1, -0.05) is 6.42 Å². The number of hydrogen-bond donors (Lipinski definition) is 0. The Labute approximate surface area is 135 Å². The van der Waals surface area contributed by atoms with Gasteiger partial charge in [0.2, 0.25) is 10.0 Å². The molecule has 2 aromatic rings. The molecule has 0 N–H and O–H groups in total. The standard InChI is InChI=1S/C15H20N4O3S/c1-17-13(7-8-16-17)11-18-12-14(5-6-15(18)20)23(21,22)19-9-3-2-4-10-19/h5-8,12H,2-4,9-11H2,1H3. The third-order valence-electron chi connectivity index (χ3n) is 4.16. The average molecular weight is 336 g/mol. The van der Waals surface area contributed by atoms with Gasteiger partial charge in [-0.15, -0.1) is 0 Å². The Hall–Kier alpha value is -1.93. The Morgan fingerprint density at radius 3 is 2.52 bits per heavy atom. The van der Waals surface area contributed by atoms with Gasteiger partial charge in [0, 0.05) is 38.6 Å². The fourth-order valence-corrected chi connectivity index (χ4v) is 4.31. The molecule has 23 heavy (non-hydrogen) atoms. The Morgan fingerprint density at radius 2 is 1.87 bits per heavy atom. The molecule has 0 radical (unpaired) electrons. The zero-order chi connectivity index (χ0) is 16.4. The number of piperidine rings is 1. The molecule has 0 amide bonds. The number of aromatic nitrogens is 3. The second kappa shape index (κ2) is 6.29. The van der Waals surface area contributed by atoms with Crippen LogP contribution >= 0.6 is 0 Å². The van der Waals surface area contributed by atoms with Crippen LogP contribution < -0.4 is 5.56 Å². The van der Waals surface area contributed by atoms with Crippen LogP contribution in [0, 0.1) is 0 Å². The van der Waals surface area contributed by atoms with Crippen LogP contribution in [0.15, 0.2) is 40.3 Å². The molecule has 7 nitrogen and oxygen atoms in total. The molecule has 8 heteroatoms. The Balaban J connectivity index is 1.93. The second-order valence-electron chi connectivity index (χ2n) is 5.74. The minimum atomic E-state index is -3.54. The quantitative estimate of drug-likeness (QED) is 0.828. The van der Waals surface area contributed by atoms with E-state index in [1.54, 1.807) is 24.0 Å². The fourth-order valence-electron chi connectivity index (χ4n) is 2.77. The molecule has 2 aromatic heterocycles. The van der Waals surface area contributed by atoms with Crippen LogP contribution in [-0.4, -0.2) is 40.2 Å². The number of rotatable bonds is 4. The summed E-state index contributed by atoms with van der Waals surface area (Å²) in [5.41, 5.74) is 0.600. The van der Waals surface area contributed by atoms with Gasteiger partial charge in [-0.25, -0.2) is 8.42 Å². The van der Waals surface area contributed by atoms with Crippen molar-refractivity contribution >= 4 is 10.0 Å². The largest absolute Gasteiger partial charge is 0.308 e. The smallest absolute Gasteiger partial charge is 0.250 e. The summed E-state index contributed by atoms with van der Waals surface area (Å²) in [6.07, 6.45) is 5.90. The van der Waals surface area contributed by atoms with Gasteiger partial charge in [0.05, 0.1) is 17.1 Å². The van der Waals surface area contributed by atoms with E-state index in [1.807, 2.05) is 0 Å². The molecule has 124 valence electrons. The van der Waals surface area contributed by atoms with E-state index in [2.05, 4.69) is 5.10 Å². The number of aryl methyl sites for hydroxylation is 1. The van der Waals surface area contributed by atoms with Crippen molar-refractivity contribution in [3.63, 3.8) is 0 Å². The summed E-state index contributed by atoms with van der Waals surface area (Å²) in [6.45, 7) is 1.38. The molecule has 0 spiro atoms. The van der Waals surface area contributed by atoms with Gasteiger partial charge in [0.1, 0.15) is 0 Å². The van der Waals surface area contributed by atoms with Gasteiger partial charge in [0.25, 0.3) is 5.56 Å². The van der Waals surface area contributed by atoms with Crippen LogP contribution in [0.2, 0.25) is 0 Å². The van der Waals surface area contributed by atoms with E-state index in [1.165, 1.54) is 27.2 Å². The Bertz CT molecular complexity index is 848. The van der Waals surface area contributed by atoms with Crippen molar-refractivity contribution in [2.45, 2.75) is 30.7 Å². The van der Waals surface area contributed by atoms with E-state index in [9.17, 15) is 13.2 Å². The summed E-state index contributed by atoms with van der Waals surface area (Å²) in [7, 11) is -1.75. The summed E-state index contributed by atoms with van der Waals surface area (Å²) >= 11 is 0. The highest BCUT2D eigenvalue weighted by molar-refractivity contribution is 7.89. The lowest BCUT2D eigenvalue weighted by Gasteiger charge is -2.26. The molecule has 0 saturated carbocycles. The molecular weight excluding hydrogens is 316 g/mol. The van der Waals surface area contributed by atoms with Crippen LogP contribution in [0.1, 0.15) is 25.0 Å². The molecule has 0 atom stereocenters. The normalized spacial score (nSPS) is 16.6. The lowest BCUT2D eigenvalue weighted by Crippen LogP contribution is -2.36. The van der Waals surface area contributed by atoms with Crippen molar-refractivity contribution in [3.05, 3.63) is 46.6 Å². The maximum absolute atomic E-state index is 12.7. The number of nitrogens with zero attached hydrogens (tertiary/aromatic N) is 4. The van der Waals surface area contributed by atoms with Gasteiger partial charge in [-0.3, -0.25) is 9.48 Å². The summed E-state index contributed by atoms with van der Waals surface area (Å²) < 4.78 is 30.0. The van der Waals surface area contributed by atoms with Gasteiger partial charge in [-0.05, 0) is 25.0 Å². The van der Waals surface area contributed by atoms with Gasteiger partial charge in [0.15, 0.2) is 0 Å². The minimum Gasteiger partial charge on any atom is -0.308 e. The zero-order valence-electron chi connectivity index (χ0n) is 13.1. The van der Waals surface area contributed by atoms with Crippen LogP contribution in [0.25, 0.3) is 0 Å². The molecule has 3 heterocycles. The van der Waals surface area contributed by atoms with E-state index < -0.39 is 10.0 Å². The first-order valence-electron chi connectivity index (χ1n) is 7.66. The first-order valence-corrected chi connectivity index (χ1v) is 9.10. The van der Waals surface area contributed by atoms with Crippen LogP contribution in [0.3, 0.4) is 0 Å². The summed E-state index contributed by atoms with van der Waals surface area (Å²) in [5, 5.41) is 4.06. The maximum Gasteiger partial charge on any atom is 0.250 e. The highest BCUT2D eigenvalue weighted by Gasteiger charge is 2.26. The lowest BCUT2D eigenvalue weighted by atomic mass is 10.2. The molecule has 1 saturated heterocycles. The first kappa shape index (κ1) is 15.9. The van der Waals surface area contributed by atoms with E-state index in [-0.39, 0.29) is 10.5 Å². The van der Waals surface area contributed by atoms with E-state index in [0.717, 1.165) is 25.0 Å². The van der Waals surface area contributed by atoms with Crippen LogP contribution in [-0.2, 0) is 23.6 Å². The van der Waals surface area contributed by atoms with Crippen molar-refractivity contribution in [1.29, 1.82) is 0 Å². The minimum absolute atomic E-state index is 0.168. The first-order chi connectivity index (χ1) is 11.0. The highest BCUT2D eigenvalue weighted by atomic mass is 32.2. The third kappa shape index (κ3) is 3.23. The topological polar surface area (TPSA) is 77.2 Å². The molecule has 1 aliphatic heterocycles. The molecule has 3 rings (SSSR count). The van der Waals surface area contributed by atoms with Crippen LogP contribution in [0.5, 0.6) is 0 Å². The number of sulfonamides is 1. The predicted octanol–water partition coefficient (Wildman–Crippen LogP) is 0.805. The molecule has 0 unspecified atom stereocenters. The average Bonchev–Trinajstić information content (AvgIpc) is 2.95. The predicted molar refractivity (Wildman–Crippen MR) is 85.6 cm³/mol. The van der Waals surface area contributed by atoms with E-state index in [0.29, 0.717) is 19.6 Å². The van der Waals surface area contributed by atoms with E-state index in [4.69, 9.17) is 0 Å². The molecule has 0 bridgehead atoms. The van der Waals surface area contributed by atoms with Gasteiger partial charge in [-0.2, -0.15) is 9.40 Å². The third-order valence-corrected chi connectivity index (χ3v) is 6.05. The molecule has 0 aliphatic carbocycles. The van der Waals surface area contributed by atoms with Gasteiger partial charge < -0.3 is 4.57 Å². The van der Waals surface area contributed by atoms with Crippen molar-refractivity contribution in [2.24, 2.45) is 7.05 Å². The van der Waals surface area contributed by atoms with Gasteiger partial charge >= 0.3 is 0 Å².